The third-order valence-electron chi connectivity index (χ3n) is 6.60. The number of pyridine rings is 2. The molecular weight excluding hydrogens is 584 g/mol. The molecule has 2 N–H and O–H groups in total. The van der Waals surface area contributed by atoms with Gasteiger partial charge in [0.2, 0.25) is 0 Å². The van der Waals surface area contributed by atoms with Crippen LogP contribution in [-0.2, 0) is 18.9 Å². The van der Waals surface area contributed by atoms with Gasteiger partial charge in [-0.2, -0.15) is 26.3 Å². The largest absolute Gasteiger partial charge is 0.416 e. The molecule has 4 aromatic rings. The summed E-state index contributed by atoms with van der Waals surface area (Å²) in [5, 5.41) is 14.6. The van der Waals surface area contributed by atoms with E-state index in [1.165, 1.54) is 28.6 Å². The molecule has 1 aliphatic heterocycles. The Labute approximate surface area is 241 Å². The van der Waals surface area contributed by atoms with Gasteiger partial charge in [0.25, 0.3) is 0 Å². The van der Waals surface area contributed by atoms with Crippen molar-refractivity contribution in [3.63, 3.8) is 0 Å². The Hall–Kier alpha value is -4.13. The van der Waals surface area contributed by atoms with Crippen LogP contribution in [0, 0.1) is 0 Å². The van der Waals surface area contributed by atoms with Gasteiger partial charge in [-0.3, -0.25) is 20.0 Å². The molecule has 0 saturated carbocycles. The Morgan fingerprint density at radius 2 is 1.45 bits per heavy atom. The molecule has 2 aromatic heterocycles. The summed E-state index contributed by atoms with van der Waals surface area (Å²) in [7, 11) is 1.62. The Morgan fingerprint density at radius 3 is 2.07 bits per heavy atom. The fourth-order valence-electron chi connectivity index (χ4n) is 4.75. The van der Waals surface area contributed by atoms with Crippen LogP contribution in [0.25, 0.3) is 11.4 Å². The molecule has 13 heteroatoms. The van der Waals surface area contributed by atoms with Crippen molar-refractivity contribution in [3.8, 4) is 0 Å². The molecule has 6 nitrogen and oxygen atoms in total. The third-order valence-corrected chi connectivity index (χ3v) is 6.94. The van der Waals surface area contributed by atoms with Gasteiger partial charge in [0, 0.05) is 47.4 Å². The number of nitrogens with one attached hydrogen (secondary N) is 1. The van der Waals surface area contributed by atoms with Crippen LogP contribution in [0.15, 0.2) is 85.3 Å². The van der Waals surface area contributed by atoms with Crippen LogP contribution in [0.5, 0.6) is 0 Å². The summed E-state index contributed by atoms with van der Waals surface area (Å²) in [5.41, 5.74) is 2.39. The summed E-state index contributed by atoms with van der Waals surface area (Å²) in [5.74, 6) is 0. The lowest BCUT2D eigenvalue weighted by atomic mass is 9.97. The molecule has 5 rings (SSSR count). The predicted molar refractivity (Wildman–Crippen MR) is 144 cm³/mol. The van der Waals surface area contributed by atoms with E-state index in [9.17, 15) is 31.4 Å². The maximum atomic E-state index is 13.6. The van der Waals surface area contributed by atoms with Crippen LogP contribution >= 0.6 is 11.6 Å². The van der Waals surface area contributed by atoms with Gasteiger partial charge in [-0.15, -0.1) is 5.53 Å². The van der Waals surface area contributed by atoms with E-state index in [0.29, 0.717) is 50.9 Å². The SMILES string of the molecule is CN1NN(Cc2cc(C(F)(F)F)cc(C(F)(F)F)c2)C(c2ccncc2)=C1c1ncccc1C(O)c1ccccc1Cl. The zero-order chi connectivity index (χ0) is 30.2. The Morgan fingerprint density at radius 1 is 0.833 bits per heavy atom. The molecule has 0 aliphatic carbocycles. The van der Waals surface area contributed by atoms with Crippen LogP contribution in [-0.4, -0.2) is 32.1 Å². The van der Waals surface area contributed by atoms with Gasteiger partial charge in [0.15, 0.2) is 0 Å². The molecule has 0 bridgehead atoms. The molecule has 0 spiro atoms. The highest BCUT2D eigenvalue weighted by molar-refractivity contribution is 6.31. The van der Waals surface area contributed by atoms with Gasteiger partial charge in [-0.25, -0.2) is 0 Å². The van der Waals surface area contributed by atoms with E-state index in [0.717, 1.165) is 0 Å². The lowest BCUT2D eigenvalue weighted by Gasteiger charge is -2.24. The molecule has 1 aliphatic rings. The first kappa shape index (κ1) is 29.4. The quantitative estimate of drug-likeness (QED) is 0.232. The van der Waals surface area contributed by atoms with E-state index in [4.69, 9.17) is 11.6 Å². The molecule has 0 fully saturated rings. The Kier molecular flexibility index (Phi) is 7.88. The topological polar surface area (TPSA) is 64.5 Å². The molecule has 1 atom stereocenters. The van der Waals surface area contributed by atoms with Crippen molar-refractivity contribution >= 4 is 23.0 Å². The minimum absolute atomic E-state index is 0.0916. The fourth-order valence-corrected chi connectivity index (χ4v) is 4.99. The number of alkyl halides is 6. The average Bonchev–Trinajstić information content (AvgIpc) is 3.27. The van der Waals surface area contributed by atoms with Gasteiger partial charge >= 0.3 is 12.4 Å². The summed E-state index contributed by atoms with van der Waals surface area (Å²) >= 11 is 6.35. The van der Waals surface area contributed by atoms with Crippen molar-refractivity contribution in [2.75, 3.05) is 7.05 Å². The lowest BCUT2D eigenvalue weighted by molar-refractivity contribution is -0.143. The smallest absolute Gasteiger partial charge is 0.384 e. The van der Waals surface area contributed by atoms with Gasteiger partial charge in [-0.1, -0.05) is 35.9 Å². The Bertz CT molecular complexity index is 1590. The van der Waals surface area contributed by atoms with E-state index < -0.39 is 29.6 Å². The molecular formula is C29H22ClF6N5O. The zero-order valence-corrected chi connectivity index (χ0v) is 22.5. The summed E-state index contributed by atoms with van der Waals surface area (Å²) < 4.78 is 81.4. The lowest BCUT2D eigenvalue weighted by Crippen LogP contribution is -2.38. The molecule has 0 saturated heterocycles. The number of benzene rings is 2. The maximum Gasteiger partial charge on any atom is 0.416 e. The number of hydrogen-bond donors (Lipinski definition) is 2. The summed E-state index contributed by atoms with van der Waals surface area (Å²) in [6.45, 7) is -0.381. The number of hydrazine groups is 2. The first-order valence-corrected chi connectivity index (χ1v) is 12.8. The fraction of sp³-hybridized carbons (Fsp3) is 0.172. The molecule has 3 heterocycles. The number of aromatic nitrogens is 2. The average molecular weight is 606 g/mol. The van der Waals surface area contributed by atoms with Crippen molar-refractivity contribution < 1.29 is 31.4 Å². The van der Waals surface area contributed by atoms with Gasteiger partial charge in [-0.05, 0) is 48.0 Å². The van der Waals surface area contributed by atoms with Crippen molar-refractivity contribution in [3.05, 3.63) is 129 Å². The monoisotopic (exact) mass is 605 g/mol. The van der Waals surface area contributed by atoms with Crippen molar-refractivity contribution in [2.45, 2.75) is 25.0 Å². The summed E-state index contributed by atoms with van der Waals surface area (Å²) in [6.07, 6.45) is -6.67. The first-order chi connectivity index (χ1) is 19.8. The molecule has 42 heavy (non-hydrogen) atoms. The van der Waals surface area contributed by atoms with Gasteiger partial charge < -0.3 is 5.11 Å². The number of hydrogen-bond acceptors (Lipinski definition) is 6. The highest BCUT2D eigenvalue weighted by Gasteiger charge is 2.38. The molecule has 0 radical (unpaired) electrons. The minimum atomic E-state index is -4.99. The highest BCUT2D eigenvalue weighted by Crippen LogP contribution is 2.41. The first-order valence-electron chi connectivity index (χ1n) is 12.4. The second-order valence-electron chi connectivity index (χ2n) is 9.46. The van der Waals surface area contributed by atoms with Crippen LogP contribution < -0.4 is 5.53 Å². The van der Waals surface area contributed by atoms with Gasteiger partial charge in [0.05, 0.1) is 29.1 Å². The van der Waals surface area contributed by atoms with E-state index in [-0.39, 0.29) is 18.2 Å². The molecule has 2 aromatic carbocycles. The van der Waals surface area contributed by atoms with E-state index in [1.807, 2.05) is 0 Å². The molecule has 218 valence electrons. The normalized spacial score (nSPS) is 15.0. The second-order valence-corrected chi connectivity index (χ2v) is 9.86. The zero-order valence-electron chi connectivity index (χ0n) is 21.7. The van der Waals surface area contributed by atoms with E-state index in [2.05, 4.69) is 15.5 Å². The number of nitrogens with zero attached hydrogens (tertiary/aromatic N) is 4. The van der Waals surface area contributed by atoms with E-state index >= 15 is 0 Å². The predicted octanol–water partition coefficient (Wildman–Crippen LogP) is 6.94. The van der Waals surface area contributed by atoms with Gasteiger partial charge in [0.1, 0.15) is 11.8 Å². The number of rotatable bonds is 6. The van der Waals surface area contributed by atoms with Crippen LogP contribution in [0.4, 0.5) is 26.3 Å². The number of aliphatic hydroxyl groups excluding tert-OH is 1. The maximum absolute atomic E-state index is 13.6. The van der Waals surface area contributed by atoms with Crippen molar-refractivity contribution in [1.82, 2.24) is 25.5 Å². The standard InChI is InChI=1S/C29H22ClF6N5O/c1-40-26(24-22(6-4-10-38-24)27(42)21-5-2-3-7-23(21)30)25(18-8-11-37-12-9-18)41(39-40)16-17-13-19(28(31,32)33)15-20(14-17)29(34,35)36/h2-15,27,39,42H,16H2,1H3. The van der Waals surface area contributed by atoms with E-state index in [1.54, 1.807) is 55.6 Å². The Balaban J connectivity index is 1.66. The third kappa shape index (κ3) is 5.91. The molecule has 1 unspecified atom stereocenters. The summed E-state index contributed by atoms with van der Waals surface area (Å²) in [4.78, 5) is 8.53. The highest BCUT2D eigenvalue weighted by atomic mass is 35.5. The van der Waals surface area contributed by atoms with Crippen molar-refractivity contribution in [1.29, 1.82) is 0 Å². The van der Waals surface area contributed by atoms with Crippen molar-refractivity contribution in [2.24, 2.45) is 0 Å². The van der Waals surface area contributed by atoms with Crippen LogP contribution in [0.2, 0.25) is 5.02 Å². The van der Waals surface area contributed by atoms with Crippen LogP contribution in [0.3, 0.4) is 0 Å². The minimum Gasteiger partial charge on any atom is -0.384 e. The summed E-state index contributed by atoms with van der Waals surface area (Å²) in [6, 6.07) is 14.8. The number of aliphatic hydroxyl groups is 1. The molecule has 0 amide bonds. The van der Waals surface area contributed by atoms with Crippen LogP contribution in [0.1, 0.15) is 45.2 Å². The number of halogens is 7. The second kappa shape index (κ2) is 11.3.